The Labute approximate surface area is 129 Å². The molecule has 2 rings (SSSR count). The molecule has 1 aliphatic rings. The molecule has 0 aromatic carbocycles. The largest absolute Gasteiger partial charge is 0.353 e. The molecule has 0 spiro atoms. The van der Waals surface area contributed by atoms with Crippen LogP contribution in [0.1, 0.15) is 31.2 Å². The van der Waals surface area contributed by atoms with E-state index in [1.54, 1.807) is 18.3 Å². The van der Waals surface area contributed by atoms with Crippen molar-refractivity contribution >= 4 is 23.2 Å². The van der Waals surface area contributed by atoms with Crippen molar-refractivity contribution in [3.8, 4) is 0 Å². The molecule has 0 aliphatic carbocycles. The van der Waals surface area contributed by atoms with Crippen LogP contribution in [0.2, 0.25) is 0 Å². The van der Waals surface area contributed by atoms with Gasteiger partial charge in [0, 0.05) is 24.0 Å². The lowest BCUT2D eigenvalue weighted by Gasteiger charge is -2.27. The van der Waals surface area contributed by atoms with Gasteiger partial charge in [0.2, 0.25) is 11.8 Å². The fourth-order valence-corrected chi connectivity index (χ4v) is 3.21. The normalized spacial score (nSPS) is 15.7. The minimum absolute atomic E-state index is 0.0519. The molecule has 0 bridgehead atoms. The third-order valence-corrected chi connectivity index (χ3v) is 4.57. The number of thiophene rings is 1. The number of rotatable bonds is 5. The topological polar surface area (TPSA) is 61.4 Å². The molecule has 2 heterocycles. The third-order valence-electron chi connectivity index (χ3n) is 3.54. The first-order valence-electron chi connectivity index (χ1n) is 7.34. The van der Waals surface area contributed by atoms with Gasteiger partial charge >= 0.3 is 0 Å². The van der Waals surface area contributed by atoms with Gasteiger partial charge in [0.05, 0.1) is 12.6 Å². The van der Waals surface area contributed by atoms with E-state index in [4.69, 9.17) is 0 Å². The number of hydrogen-bond donors (Lipinski definition) is 2. The molecule has 1 aromatic heterocycles. The highest BCUT2D eigenvalue weighted by atomic mass is 32.1. The van der Waals surface area contributed by atoms with Gasteiger partial charge in [-0.3, -0.25) is 14.9 Å². The summed E-state index contributed by atoms with van der Waals surface area (Å²) >= 11 is 1.76. The van der Waals surface area contributed by atoms with E-state index in [1.807, 2.05) is 18.7 Å². The minimum Gasteiger partial charge on any atom is -0.353 e. The first-order chi connectivity index (χ1) is 9.97. The molecule has 0 saturated heterocycles. The van der Waals surface area contributed by atoms with Crippen molar-refractivity contribution < 1.29 is 9.59 Å². The maximum absolute atomic E-state index is 12.2. The van der Waals surface area contributed by atoms with Gasteiger partial charge in [0.1, 0.15) is 0 Å². The molecule has 1 atom stereocenters. The van der Waals surface area contributed by atoms with Crippen molar-refractivity contribution in [2.45, 2.75) is 45.8 Å². The van der Waals surface area contributed by atoms with E-state index in [1.165, 1.54) is 10.4 Å². The molecule has 1 aromatic rings. The molecule has 0 radical (unpaired) electrons. The Bertz CT molecular complexity index is 513. The zero-order valence-corrected chi connectivity index (χ0v) is 13.6. The Morgan fingerprint density at radius 2 is 2.14 bits per heavy atom. The minimum atomic E-state index is -0.363. The average Bonchev–Trinajstić information content (AvgIpc) is 2.90. The lowest BCUT2D eigenvalue weighted by atomic mass is 10.1. The van der Waals surface area contributed by atoms with Crippen LogP contribution in [-0.2, 0) is 22.6 Å². The fourth-order valence-electron chi connectivity index (χ4n) is 2.32. The number of carbonyl (C=O) groups is 2. The number of amides is 2. The highest BCUT2D eigenvalue weighted by molar-refractivity contribution is 7.10. The van der Waals surface area contributed by atoms with Crippen LogP contribution in [0.4, 0.5) is 0 Å². The predicted octanol–water partition coefficient (Wildman–Crippen LogP) is 1.14. The molecule has 2 amide bonds. The van der Waals surface area contributed by atoms with E-state index in [9.17, 15) is 9.59 Å². The summed E-state index contributed by atoms with van der Waals surface area (Å²) in [6, 6.07) is 1.83. The SMILES string of the molecule is CC(C)NC(=O)C(C)NCC(=O)N1CCc2sccc2C1. The van der Waals surface area contributed by atoms with Crippen LogP contribution in [0.3, 0.4) is 0 Å². The van der Waals surface area contributed by atoms with Crippen molar-refractivity contribution in [2.24, 2.45) is 0 Å². The summed E-state index contributed by atoms with van der Waals surface area (Å²) in [5.41, 5.74) is 1.25. The van der Waals surface area contributed by atoms with Crippen LogP contribution in [0, 0.1) is 0 Å². The summed E-state index contributed by atoms with van der Waals surface area (Å²) < 4.78 is 0. The van der Waals surface area contributed by atoms with E-state index in [0.717, 1.165) is 13.0 Å². The van der Waals surface area contributed by atoms with E-state index in [0.29, 0.717) is 6.54 Å². The first kappa shape index (κ1) is 16.0. The van der Waals surface area contributed by atoms with Crippen LogP contribution in [0.15, 0.2) is 11.4 Å². The summed E-state index contributed by atoms with van der Waals surface area (Å²) in [5, 5.41) is 7.91. The molecule has 0 fully saturated rings. The Balaban J connectivity index is 1.79. The van der Waals surface area contributed by atoms with Crippen LogP contribution in [0.25, 0.3) is 0 Å². The molecule has 21 heavy (non-hydrogen) atoms. The number of fused-ring (bicyclic) bond motifs is 1. The Morgan fingerprint density at radius 3 is 2.86 bits per heavy atom. The third kappa shape index (κ3) is 4.28. The Morgan fingerprint density at radius 1 is 1.38 bits per heavy atom. The molecule has 6 heteroatoms. The Kier molecular flexibility index (Phi) is 5.36. The quantitative estimate of drug-likeness (QED) is 0.857. The standard InChI is InChI=1S/C15H23N3O2S/c1-10(2)17-15(20)11(3)16-8-14(19)18-6-4-13-12(9-18)5-7-21-13/h5,7,10-11,16H,4,6,8-9H2,1-3H3,(H,17,20). The zero-order chi connectivity index (χ0) is 15.4. The van der Waals surface area contributed by atoms with Gasteiger partial charge < -0.3 is 10.2 Å². The van der Waals surface area contributed by atoms with Crippen LogP contribution in [-0.4, -0.2) is 41.9 Å². The van der Waals surface area contributed by atoms with Gasteiger partial charge in [-0.2, -0.15) is 0 Å². The molecule has 0 saturated carbocycles. The van der Waals surface area contributed by atoms with Crippen LogP contribution in [0.5, 0.6) is 0 Å². The van der Waals surface area contributed by atoms with Crippen molar-refractivity contribution in [1.82, 2.24) is 15.5 Å². The molecular weight excluding hydrogens is 286 g/mol. The molecule has 116 valence electrons. The van der Waals surface area contributed by atoms with Crippen LogP contribution < -0.4 is 10.6 Å². The molecule has 2 N–H and O–H groups in total. The maximum Gasteiger partial charge on any atom is 0.237 e. The second-order valence-electron chi connectivity index (χ2n) is 5.70. The van der Waals surface area contributed by atoms with Gasteiger partial charge in [-0.25, -0.2) is 0 Å². The summed E-state index contributed by atoms with van der Waals surface area (Å²) in [5.74, 6) is -0.0207. The monoisotopic (exact) mass is 309 g/mol. The van der Waals surface area contributed by atoms with Crippen molar-refractivity contribution in [1.29, 1.82) is 0 Å². The van der Waals surface area contributed by atoms with Gasteiger partial charge in [0.25, 0.3) is 0 Å². The number of hydrogen-bond acceptors (Lipinski definition) is 4. The van der Waals surface area contributed by atoms with Crippen LogP contribution >= 0.6 is 11.3 Å². The lowest BCUT2D eigenvalue weighted by molar-refractivity contribution is -0.131. The van der Waals surface area contributed by atoms with Gasteiger partial charge in [-0.15, -0.1) is 11.3 Å². The zero-order valence-electron chi connectivity index (χ0n) is 12.8. The van der Waals surface area contributed by atoms with E-state index >= 15 is 0 Å². The summed E-state index contributed by atoms with van der Waals surface area (Å²) in [7, 11) is 0. The molecular formula is C15H23N3O2S. The van der Waals surface area contributed by atoms with Gasteiger partial charge in [-0.1, -0.05) is 0 Å². The number of carbonyl (C=O) groups excluding carboxylic acids is 2. The maximum atomic E-state index is 12.2. The second-order valence-corrected chi connectivity index (χ2v) is 6.70. The van der Waals surface area contributed by atoms with Gasteiger partial charge in [-0.05, 0) is 44.2 Å². The van der Waals surface area contributed by atoms with E-state index in [2.05, 4.69) is 22.1 Å². The molecule has 5 nitrogen and oxygen atoms in total. The van der Waals surface area contributed by atoms with Crippen molar-refractivity contribution in [3.63, 3.8) is 0 Å². The highest BCUT2D eigenvalue weighted by Crippen LogP contribution is 2.23. The predicted molar refractivity (Wildman–Crippen MR) is 84.2 cm³/mol. The summed E-state index contributed by atoms with van der Waals surface area (Å²) in [6.45, 7) is 7.26. The molecule has 1 unspecified atom stereocenters. The van der Waals surface area contributed by atoms with E-state index in [-0.39, 0.29) is 30.4 Å². The van der Waals surface area contributed by atoms with Crippen molar-refractivity contribution in [2.75, 3.05) is 13.1 Å². The molecule has 1 aliphatic heterocycles. The van der Waals surface area contributed by atoms with E-state index < -0.39 is 0 Å². The number of nitrogens with zero attached hydrogens (tertiary/aromatic N) is 1. The summed E-state index contributed by atoms with van der Waals surface area (Å²) in [4.78, 5) is 27.2. The van der Waals surface area contributed by atoms with Gasteiger partial charge in [0.15, 0.2) is 0 Å². The smallest absolute Gasteiger partial charge is 0.237 e. The fraction of sp³-hybridized carbons (Fsp3) is 0.600. The lowest BCUT2D eigenvalue weighted by Crippen LogP contribution is -2.48. The first-order valence-corrected chi connectivity index (χ1v) is 8.22. The van der Waals surface area contributed by atoms with Crippen molar-refractivity contribution in [3.05, 3.63) is 21.9 Å². The number of nitrogens with one attached hydrogen (secondary N) is 2. The second kappa shape index (κ2) is 7.04. The Hall–Kier alpha value is -1.40. The summed E-state index contributed by atoms with van der Waals surface area (Å²) in [6.07, 6.45) is 0.933. The average molecular weight is 309 g/mol. The highest BCUT2D eigenvalue weighted by Gasteiger charge is 2.22.